The van der Waals surface area contributed by atoms with Crippen molar-refractivity contribution in [3.63, 3.8) is 0 Å². The van der Waals surface area contributed by atoms with E-state index in [9.17, 15) is 4.79 Å². The number of nitrogens with zero attached hydrogens (tertiary/aromatic N) is 2. The Bertz CT molecular complexity index is 338. The lowest BCUT2D eigenvalue weighted by Gasteiger charge is -2.11. The minimum atomic E-state index is -0.964. The first-order chi connectivity index (χ1) is 6.32. The molecule has 0 fully saturated rings. The second-order valence-electron chi connectivity index (χ2n) is 4.26. The summed E-state index contributed by atoms with van der Waals surface area (Å²) in [6.45, 7) is 7.30. The summed E-state index contributed by atoms with van der Waals surface area (Å²) >= 11 is 0. The van der Waals surface area contributed by atoms with Crippen molar-refractivity contribution in [2.75, 3.05) is 0 Å². The van der Waals surface area contributed by atoms with Gasteiger partial charge in [0.15, 0.2) is 0 Å². The molecule has 0 aromatic carbocycles. The first-order valence-corrected chi connectivity index (χ1v) is 4.39. The van der Waals surface area contributed by atoms with Crippen LogP contribution in [0.1, 0.15) is 45.4 Å². The van der Waals surface area contributed by atoms with Gasteiger partial charge in [-0.25, -0.2) is 0 Å². The number of carboxylic acid groups (broad SMARTS) is 1. The molecule has 0 aliphatic rings. The van der Waals surface area contributed by atoms with Crippen LogP contribution in [0.2, 0.25) is 0 Å². The lowest BCUT2D eigenvalue weighted by Crippen LogP contribution is -2.11. The van der Waals surface area contributed by atoms with Crippen molar-refractivity contribution in [2.24, 2.45) is 0 Å². The van der Waals surface area contributed by atoms with E-state index in [0.717, 1.165) is 0 Å². The second-order valence-corrected chi connectivity index (χ2v) is 4.26. The smallest absolute Gasteiger partial charge is 0.315 e. The van der Waals surface area contributed by atoms with E-state index < -0.39 is 11.9 Å². The Morgan fingerprint density at radius 1 is 1.43 bits per heavy atom. The SMILES string of the molecule is CC(C(=O)O)c1nnc(C(C)(C)C)o1. The van der Waals surface area contributed by atoms with Gasteiger partial charge in [0.25, 0.3) is 0 Å². The Morgan fingerprint density at radius 3 is 2.36 bits per heavy atom. The third-order valence-corrected chi connectivity index (χ3v) is 1.82. The summed E-state index contributed by atoms with van der Waals surface area (Å²) in [4.78, 5) is 10.6. The Hall–Kier alpha value is -1.39. The molecule has 1 atom stereocenters. The molecule has 0 aliphatic heterocycles. The molecule has 5 nitrogen and oxygen atoms in total. The van der Waals surface area contributed by atoms with E-state index in [1.807, 2.05) is 20.8 Å². The summed E-state index contributed by atoms with van der Waals surface area (Å²) in [7, 11) is 0. The highest BCUT2D eigenvalue weighted by Gasteiger charge is 2.25. The summed E-state index contributed by atoms with van der Waals surface area (Å²) in [6.07, 6.45) is 0. The van der Waals surface area contributed by atoms with Crippen LogP contribution < -0.4 is 0 Å². The van der Waals surface area contributed by atoms with Crippen LogP contribution >= 0.6 is 0 Å². The fraction of sp³-hybridized carbons (Fsp3) is 0.667. The largest absolute Gasteiger partial charge is 0.481 e. The van der Waals surface area contributed by atoms with Crippen LogP contribution in [0.5, 0.6) is 0 Å². The van der Waals surface area contributed by atoms with Crippen molar-refractivity contribution in [1.82, 2.24) is 10.2 Å². The molecule has 1 unspecified atom stereocenters. The molecule has 0 amide bonds. The van der Waals surface area contributed by atoms with Crippen LogP contribution in [0.4, 0.5) is 0 Å². The van der Waals surface area contributed by atoms with Crippen LogP contribution in [0.15, 0.2) is 4.42 Å². The van der Waals surface area contributed by atoms with Crippen LogP contribution in [-0.2, 0) is 10.2 Å². The fourth-order valence-electron chi connectivity index (χ4n) is 0.818. The molecule has 1 N–H and O–H groups in total. The van der Waals surface area contributed by atoms with Crippen molar-refractivity contribution < 1.29 is 14.3 Å². The van der Waals surface area contributed by atoms with Gasteiger partial charge in [0.05, 0.1) is 0 Å². The molecule has 1 rings (SSSR count). The van der Waals surface area contributed by atoms with Crippen LogP contribution in [-0.4, -0.2) is 21.3 Å². The number of carbonyl (C=O) groups is 1. The molecule has 14 heavy (non-hydrogen) atoms. The van der Waals surface area contributed by atoms with Gasteiger partial charge in [0, 0.05) is 5.41 Å². The average molecular weight is 198 g/mol. The number of aromatic nitrogens is 2. The van der Waals surface area contributed by atoms with E-state index in [1.165, 1.54) is 6.92 Å². The van der Waals surface area contributed by atoms with Gasteiger partial charge in [-0.1, -0.05) is 20.8 Å². The molecule has 1 heterocycles. The Labute approximate surface area is 82.1 Å². The van der Waals surface area contributed by atoms with Crippen molar-refractivity contribution in [1.29, 1.82) is 0 Å². The normalized spacial score (nSPS) is 14.0. The molecular weight excluding hydrogens is 184 g/mol. The molecule has 0 spiro atoms. The van der Waals surface area contributed by atoms with Gasteiger partial charge in [0.1, 0.15) is 5.92 Å². The summed E-state index contributed by atoms with van der Waals surface area (Å²) < 4.78 is 5.27. The topological polar surface area (TPSA) is 76.2 Å². The van der Waals surface area contributed by atoms with Gasteiger partial charge in [-0.3, -0.25) is 4.79 Å². The Balaban J connectivity index is 2.94. The van der Waals surface area contributed by atoms with Crippen LogP contribution in [0.25, 0.3) is 0 Å². The molecule has 0 saturated carbocycles. The molecule has 0 saturated heterocycles. The van der Waals surface area contributed by atoms with Gasteiger partial charge < -0.3 is 9.52 Å². The van der Waals surface area contributed by atoms with Gasteiger partial charge in [0.2, 0.25) is 11.8 Å². The van der Waals surface area contributed by atoms with Crippen molar-refractivity contribution in [3.05, 3.63) is 11.8 Å². The highest BCUT2D eigenvalue weighted by molar-refractivity contribution is 5.73. The van der Waals surface area contributed by atoms with Gasteiger partial charge >= 0.3 is 5.97 Å². The van der Waals surface area contributed by atoms with E-state index in [1.54, 1.807) is 0 Å². The number of aliphatic carboxylic acids is 1. The molecule has 1 aromatic heterocycles. The molecular formula is C9H14N2O3. The van der Waals surface area contributed by atoms with Gasteiger partial charge in [-0.15, -0.1) is 10.2 Å². The second kappa shape index (κ2) is 3.40. The van der Waals surface area contributed by atoms with E-state index in [0.29, 0.717) is 5.89 Å². The Morgan fingerprint density at radius 2 is 2.00 bits per heavy atom. The van der Waals surface area contributed by atoms with Crippen LogP contribution in [0, 0.1) is 0 Å². The van der Waals surface area contributed by atoms with Gasteiger partial charge in [-0.2, -0.15) is 0 Å². The van der Waals surface area contributed by atoms with Crippen molar-refractivity contribution >= 4 is 5.97 Å². The third-order valence-electron chi connectivity index (χ3n) is 1.82. The summed E-state index contributed by atoms with van der Waals surface area (Å²) in [5.74, 6) is -1.10. The fourth-order valence-corrected chi connectivity index (χ4v) is 0.818. The van der Waals surface area contributed by atoms with E-state index >= 15 is 0 Å². The Kier molecular flexibility index (Phi) is 2.59. The van der Waals surface area contributed by atoms with Crippen LogP contribution in [0.3, 0.4) is 0 Å². The zero-order valence-corrected chi connectivity index (χ0v) is 8.74. The summed E-state index contributed by atoms with van der Waals surface area (Å²) in [5.41, 5.74) is -0.247. The maximum Gasteiger partial charge on any atom is 0.315 e. The lowest BCUT2D eigenvalue weighted by atomic mass is 9.97. The average Bonchev–Trinajstić information content (AvgIpc) is 2.49. The predicted octanol–water partition coefficient (Wildman–Crippen LogP) is 1.56. The maximum atomic E-state index is 10.6. The predicted molar refractivity (Wildman–Crippen MR) is 49.0 cm³/mol. The number of hydrogen-bond acceptors (Lipinski definition) is 4. The standard InChI is InChI=1S/C9H14N2O3/c1-5(7(12)13)6-10-11-8(14-6)9(2,3)4/h5H,1-4H3,(H,12,13). The first-order valence-electron chi connectivity index (χ1n) is 4.39. The highest BCUT2D eigenvalue weighted by Crippen LogP contribution is 2.23. The highest BCUT2D eigenvalue weighted by atomic mass is 16.4. The minimum Gasteiger partial charge on any atom is -0.481 e. The third kappa shape index (κ3) is 2.10. The maximum absolute atomic E-state index is 10.6. The molecule has 1 aromatic rings. The van der Waals surface area contributed by atoms with Gasteiger partial charge in [-0.05, 0) is 6.92 Å². The molecule has 78 valence electrons. The quantitative estimate of drug-likeness (QED) is 0.780. The number of carboxylic acids is 1. The molecule has 0 radical (unpaired) electrons. The van der Waals surface area contributed by atoms with E-state index in [2.05, 4.69) is 10.2 Å². The summed E-state index contributed by atoms with van der Waals surface area (Å²) in [6, 6.07) is 0. The molecule has 5 heteroatoms. The lowest BCUT2D eigenvalue weighted by molar-refractivity contribution is -0.138. The first kappa shape index (κ1) is 10.7. The van der Waals surface area contributed by atoms with E-state index in [-0.39, 0.29) is 11.3 Å². The zero-order valence-electron chi connectivity index (χ0n) is 8.74. The number of rotatable bonds is 2. The zero-order chi connectivity index (χ0) is 10.9. The monoisotopic (exact) mass is 198 g/mol. The minimum absolute atomic E-state index is 0.155. The molecule has 0 aliphatic carbocycles. The van der Waals surface area contributed by atoms with Crippen molar-refractivity contribution in [2.45, 2.75) is 39.0 Å². The molecule has 0 bridgehead atoms. The summed E-state index contributed by atoms with van der Waals surface area (Å²) in [5, 5.41) is 16.2. The van der Waals surface area contributed by atoms with Crippen molar-refractivity contribution in [3.8, 4) is 0 Å². The van der Waals surface area contributed by atoms with E-state index in [4.69, 9.17) is 9.52 Å². The number of hydrogen-bond donors (Lipinski definition) is 1.